The average molecular weight is 564 g/mol. The van der Waals surface area contributed by atoms with Crippen LogP contribution in [-0.4, -0.2) is 69.2 Å². The number of nitrogens with zero attached hydrogens (tertiary/aromatic N) is 4. The van der Waals surface area contributed by atoms with Crippen molar-refractivity contribution in [3.05, 3.63) is 70.4 Å². The number of thiazole rings is 1. The molecule has 1 atom stereocenters. The molecule has 1 saturated heterocycles. The number of aliphatic carboxylic acids is 1. The molecule has 1 aliphatic heterocycles. The van der Waals surface area contributed by atoms with E-state index in [4.69, 9.17) is 24.4 Å². The van der Waals surface area contributed by atoms with Crippen LogP contribution in [0.5, 0.6) is 5.75 Å². The number of hydrogen-bond acceptors (Lipinski definition) is 8. The van der Waals surface area contributed by atoms with Crippen LogP contribution in [-0.2, 0) is 9.53 Å². The van der Waals surface area contributed by atoms with Crippen LogP contribution in [0, 0.1) is 6.92 Å². The summed E-state index contributed by atoms with van der Waals surface area (Å²) in [5.41, 5.74) is 3.04. The number of aryl methyl sites for hydroxylation is 1. The van der Waals surface area contributed by atoms with Crippen molar-refractivity contribution < 1.29 is 37.3 Å². The molecular weight excluding hydrogens is 539 g/mol. The Balaban J connectivity index is 0.000000448. The third-order valence-corrected chi connectivity index (χ3v) is 6.41. The Morgan fingerprint density at radius 2 is 1.90 bits per heavy atom. The first-order valence-corrected chi connectivity index (χ1v) is 12.5. The van der Waals surface area contributed by atoms with E-state index in [9.17, 15) is 18.0 Å². The molecule has 10 nitrogen and oxygen atoms in total. The number of imidazole rings is 1. The van der Waals surface area contributed by atoms with Crippen molar-refractivity contribution >= 4 is 40.4 Å². The van der Waals surface area contributed by atoms with Gasteiger partial charge in [0, 0.05) is 23.8 Å². The molecule has 0 saturated carbocycles. The summed E-state index contributed by atoms with van der Waals surface area (Å²) < 4.78 is 44.9. The number of rotatable bonds is 5. The fraction of sp³-hybridized carbons (Fsp3) is 0.280. The van der Waals surface area contributed by atoms with E-state index in [2.05, 4.69) is 10.3 Å². The van der Waals surface area contributed by atoms with Crippen molar-refractivity contribution in [3.8, 4) is 5.75 Å². The van der Waals surface area contributed by atoms with Crippen molar-refractivity contribution in [1.82, 2.24) is 19.3 Å². The molecule has 0 spiro atoms. The van der Waals surface area contributed by atoms with Crippen LogP contribution in [0.3, 0.4) is 0 Å². The molecule has 0 bridgehead atoms. The van der Waals surface area contributed by atoms with Crippen molar-refractivity contribution in [2.75, 3.05) is 32.1 Å². The topological polar surface area (TPSA) is 118 Å². The summed E-state index contributed by atoms with van der Waals surface area (Å²) in [5.74, 6) is -1.13. The molecule has 1 unspecified atom stereocenters. The largest absolute Gasteiger partial charge is 0.497 e. The second-order valence-electron chi connectivity index (χ2n) is 8.32. The lowest BCUT2D eigenvalue weighted by atomic mass is 10.2. The zero-order chi connectivity index (χ0) is 28.2. The van der Waals surface area contributed by atoms with Crippen LogP contribution in [0.2, 0.25) is 0 Å². The summed E-state index contributed by atoms with van der Waals surface area (Å²) in [5, 5.41) is 13.2. The van der Waals surface area contributed by atoms with Gasteiger partial charge < -0.3 is 24.8 Å². The maximum Gasteiger partial charge on any atom is 0.490 e. The lowest BCUT2D eigenvalue weighted by Gasteiger charge is -2.31. The highest BCUT2D eigenvalue weighted by atomic mass is 32.1. The molecule has 5 rings (SSSR count). The number of carbonyl (C=O) groups is 2. The van der Waals surface area contributed by atoms with Gasteiger partial charge in [-0.25, -0.2) is 14.8 Å². The summed E-state index contributed by atoms with van der Waals surface area (Å²) in [6.45, 7) is 3.35. The van der Waals surface area contributed by atoms with Crippen LogP contribution in [0.25, 0.3) is 5.65 Å². The SMILES string of the molecule is COc1ccc(Nc2cccc3nc(C4CN(C(=O)c5csc(C)n5)CCO4)cn23)cc1.O=C(O)C(F)(F)F. The maximum absolute atomic E-state index is 12.8. The summed E-state index contributed by atoms with van der Waals surface area (Å²) in [6, 6.07) is 13.6. The number of carbonyl (C=O) groups excluding carboxylic acids is 1. The van der Waals surface area contributed by atoms with Gasteiger partial charge in [0.05, 0.1) is 31.0 Å². The van der Waals surface area contributed by atoms with Gasteiger partial charge in [-0.15, -0.1) is 11.3 Å². The van der Waals surface area contributed by atoms with Crippen LogP contribution < -0.4 is 10.1 Å². The fourth-order valence-electron chi connectivity index (χ4n) is 3.75. The molecular formula is C25H24F3N5O5S. The number of carboxylic acid groups (broad SMARTS) is 1. The van der Waals surface area contributed by atoms with Gasteiger partial charge in [0.25, 0.3) is 5.91 Å². The summed E-state index contributed by atoms with van der Waals surface area (Å²) in [7, 11) is 1.65. The van der Waals surface area contributed by atoms with Crippen LogP contribution in [0.15, 0.2) is 54.0 Å². The zero-order valence-corrected chi connectivity index (χ0v) is 21.6. The van der Waals surface area contributed by atoms with E-state index < -0.39 is 12.1 Å². The van der Waals surface area contributed by atoms with Gasteiger partial charge in [-0.1, -0.05) is 6.07 Å². The lowest BCUT2D eigenvalue weighted by molar-refractivity contribution is -0.192. The zero-order valence-electron chi connectivity index (χ0n) is 20.8. The number of fused-ring (bicyclic) bond motifs is 1. The Labute approximate surface area is 224 Å². The first-order chi connectivity index (χ1) is 18.5. The summed E-state index contributed by atoms with van der Waals surface area (Å²) >= 11 is 1.48. The molecule has 0 radical (unpaired) electrons. The molecule has 3 aromatic heterocycles. The lowest BCUT2D eigenvalue weighted by Crippen LogP contribution is -2.42. The predicted octanol–water partition coefficient (Wildman–Crippen LogP) is 4.70. The molecule has 206 valence electrons. The molecule has 1 aromatic carbocycles. The quantitative estimate of drug-likeness (QED) is 0.359. The number of hydrogen-bond donors (Lipinski definition) is 2. The minimum atomic E-state index is -5.08. The van der Waals surface area contributed by atoms with Crippen molar-refractivity contribution in [2.45, 2.75) is 19.2 Å². The number of aromatic nitrogens is 3. The van der Waals surface area contributed by atoms with E-state index >= 15 is 0 Å². The van der Waals surface area contributed by atoms with Gasteiger partial charge in [0.15, 0.2) is 0 Å². The molecule has 39 heavy (non-hydrogen) atoms. The Hall–Kier alpha value is -4.17. The van der Waals surface area contributed by atoms with Gasteiger partial charge in [-0.05, 0) is 43.3 Å². The van der Waals surface area contributed by atoms with Crippen molar-refractivity contribution in [3.63, 3.8) is 0 Å². The molecule has 1 amide bonds. The summed E-state index contributed by atoms with van der Waals surface area (Å²) in [4.78, 5) is 32.6. The highest BCUT2D eigenvalue weighted by molar-refractivity contribution is 7.09. The van der Waals surface area contributed by atoms with Gasteiger partial charge in [-0.2, -0.15) is 13.2 Å². The smallest absolute Gasteiger partial charge is 0.490 e. The van der Waals surface area contributed by atoms with Gasteiger partial charge in [0.2, 0.25) is 0 Å². The number of anilines is 2. The number of halogens is 3. The molecule has 4 aromatic rings. The van der Waals surface area contributed by atoms with E-state index in [0.717, 1.165) is 33.6 Å². The highest BCUT2D eigenvalue weighted by Gasteiger charge is 2.38. The van der Waals surface area contributed by atoms with E-state index in [1.54, 1.807) is 12.0 Å². The number of ether oxygens (including phenoxy) is 2. The number of amides is 1. The highest BCUT2D eigenvalue weighted by Crippen LogP contribution is 2.26. The molecule has 2 N–H and O–H groups in total. The molecule has 14 heteroatoms. The average Bonchev–Trinajstić information content (AvgIpc) is 3.56. The maximum atomic E-state index is 12.8. The van der Waals surface area contributed by atoms with Crippen molar-refractivity contribution in [2.24, 2.45) is 0 Å². The monoisotopic (exact) mass is 563 g/mol. The van der Waals surface area contributed by atoms with E-state index in [1.165, 1.54) is 11.3 Å². The van der Waals surface area contributed by atoms with E-state index in [0.29, 0.717) is 25.4 Å². The Morgan fingerprint density at radius 1 is 1.18 bits per heavy atom. The summed E-state index contributed by atoms with van der Waals surface area (Å²) in [6.07, 6.45) is -3.41. The number of alkyl halides is 3. The number of nitrogens with one attached hydrogen (secondary N) is 1. The van der Waals surface area contributed by atoms with Crippen LogP contribution in [0.4, 0.5) is 24.7 Å². The normalized spacial score (nSPS) is 15.4. The number of pyridine rings is 1. The predicted molar refractivity (Wildman–Crippen MR) is 137 cm³/mol. The number of carboxylic acids is 1. The van der Waals surface area contributed by atoms with Gasteiger partial charge in [0.1, 0.15) is 29.0 Å². The van der Waals surface area contributed by atoms with Crippen LogP contribution in [0.1, 0.15) is 27.3 Å². The van der Waals surface area contributed by atoms with E-state index in [1.807, 2.05) is 65.4 Å². The molecule has 1 fully saturated rings. The number of methoxy groups -OCH3 is 1. The van der Waals surface area contributed by atoms with Gasteiger partial charge in [-0.3, -0.25) is 9.20 Å². The second-order valence-corrected chi connectivity index (χ2v) is 9.39. The van der Waals surface area contributed by atoms with E-state index in [-0.39, 0.29) is 12.0 Å². The Kier molecular flexibility index (Phi) is 8.35. The molecule has 1 aliphatic rings. The third-order valence-electron chi connectivity index (χ3n) is 5.64. The Morgan fingerprint density at radius 3 is 2.51 bits per heavy atom. The van der Waals surface area contributed by atoms with Crippen LogP contribution >= 0.6 is 11.3 Å². The first kappa shape index (κ1) is 27.9. The minimum Gasteiger partial charge on any atom is -0.497 e. The number of benzene rings is 1. The van der Waals surface area contributed by atoms with Gasteiger partial charge >= 0.3 is 12.1 Å². The number of morpholine rings is 1. The minimum absolute atomic E-state index is 0.0618. The molecule has 4 heterocycles. The Bertz CT molecular complexity index is 1450. The fourth-order valence-corrected chi connectivity index (χ4v) is 4.33. The molecule has 0 aliphatic carbocycles. The first-order valence-electron chi connectivity index (χ1n) is 11.6. The third kappa shape index (κ3) is 6.83. The standard InChI is InChI=1S/C23H23N5O3S.C2HF3O2/c1-15-24-19(14-32-15)23(29)27-10-11-31-20(13-27)18-12-28-21(4-3-5-22(28)26-18)25-16-6-8-17(30-2)9-7-16;3-2(4,5)1(6)7/h3-9,12,14,20,25H,10-11,13H2,1-2H3;(H,6,7). The second kappa shape index (κ2) is 11.7. The van der Waals surface area contributed by atoms with Crippen molar-refractivity contribution in [1.29, 1.82) is 0 Å².